The normalized spacial score (nSPS) is 22.0. The lowest BCUT2D eigenvalue weighted by Gasteiger charge is -2.47. The molecule has 26 heavy (non-hydrogen) atoms. The molecule has 0 radical (unpaired) electrons. The highest BCUT2D eigenvalue weighted by Crippen LogP contribution is 2.54. The zero-order chi connectivity index (χ0) is 18.5. The van der Waals surface area contributed by atoms with Crippen LogP contribution >= 0.6 is 0 Å². The molecule has 2 heterocycles. The highest BCUT2D eigenvalue weighted by molar-refractivity contribution is 5.73. The van der Waals surface area contributed by atoms with E-state index in [1.165, 1.54) is 17.3 Å². The lowest BCUT2D eigenvalue weighted by Crippen LogP contribution is -2.59. The van der Waals surface area contributed by atoms with Gasteiger partial charge in [0.05, 0.1) is 10.3 Å². The fourth-order valence-electron chi connectivity index (χ4n) is 4.21. The minimum Gasteiger partial charge on any atom is -0.463 e. The van der Waals surface area contributed by atoms with Crippen molar-refractivity contribution in [1.29, 1.82) is 0 Å². The second-order valence-corrected chi connectivity index (χ2v) is 7.40. The van der Waals surface area contributed by atoms with Crippen molar-refractivity contribution in [2.24, 2.45) is 0 Å². The molecule has 0 bridgehead atoms. The van der Waals surface area contributed by atoms with Crippen molar-refractivity contribution >= 4 is 17.5 Å². The minimum atomic E-state index is -0.643. The molecule has 1 spiro atoms. The summed E-state index contributed by atoms with van der Waals surface area (Å²) in [6.45, 7) is 7.42. The number of nitro groups is 1. The summed E-state index contributed by atoms with van der Waals surface area (Å²) < 4.78 is 6.59. The molecule has 1 atom stereocenters. The summed E-state index contributed by atoms with van der Waals surface area (Å²) in [5.41, 5.74) is 2.35. The Morgan fingerprint density at radius 2 is 1.96 bits per heavy atom. The van der Waals surface area contributed by atoms with Crippen molar-refractivity contribution in [3.8, 4) is 5.75 Å². The van der Waals surface area contributed by atoms with E-state index in [9.17, 15) is 10.1 Å². The van der Waals surface area contributed by atoms with Crippen molar-refractivity contribution in [2.75, 3.05) is 11.4 Å². The number of nitrogens with zero attached hydrogens (tertiary/aromatic N) is 2. The molecule has 0 saturated heterocycles. The first kappa shape index (κ1) is 16.6. The van der Waals surface area contributed by atoms with Crippen LogP contribution in [0.3, 0.4) is 0 Å². The standard InChI is InChI=1S/C21H22N2O3/c1-4-13-22-18-8-6-5-7-17(18)20(2,3)21(22)12-11-15-14-16(23(24)25)9-10-19(15)26-21/h5-12,14H,4,13H2,1-3H3/t21-/m0/s1. The molecular weight excluding hydrogens is 328 g/mol. The van der Waals surface area contributed by atoms with Crippen molar-refractivity contribution in [1.82, 2.24) is 0 Å². The van der Waals surface area contributed by atoms with Crippen LogP contribution in [-0.2, 0) is 5.41 Å². The van der Waals surface area contributed by atoms with Crippen molar-refractivity contribution < 1.29 is 9.66 Å². The number of anilines is 1. The number of hydrogen-bond acceptors (Lipinski definition) is 4. The van der Waals surface area contributed by atoms with Gasteiger partial charge in [0, 0.05) is 29.9 Å². The van der Waals surface area contributed by atoms with Gasteiger partial charge in [0.1, 0.15) is 5.75 Å². The SMILES string of the molecule is CCCN1c2ccccc2C(C)(C)[C@@]12C=Cc1cc([N+](=O)[O-])ccc1O2. The zero-order valence-electron chi connectivity index (χ0n) is 15.2. The zero-order valence-corrected chi connectivity index (χ0v) is 15.2. The second-order valence-electron chi connectivity index (χ2n) is 7.40. The largest absolute Gasteiger partial charge is 0.463 e. The molecule has 5 heteroatoms. The molecule has 0 amide bonds. The van der Waals surface area contributed by atoms with E-state index in [0.29, 0.717) is 5.75 Å². The van der Waals surface area contributed by atoms with E-state index >= 15 is 0 Å². The Morgan fingerprint density at radius 3 is 2.69 bits per heavy atom. The number of benzene rings is 2. The molecule has 2 aromatic carbocycles. The van der Waals surface area contributed by atoms with E-state index in [2.05, 4.69) is 56.0 Å². The summed E-state index contributed by atoms with van der Waals surface area (Å²) >= 11 is 0. The first-order valence-corrected chi connectivity index (χ1v) is 8.94. The van der Waals surface area contributed by atoms with Crippen LogP contribution in [0.1, 0.15) is 38.3 Å². The summed E-state index contributed by atoms with van der Waals surface area (Å²) in [6, 6.07) is 13.2. The maximum absolute atomic E-state index is 11.1. The monoisotopic (exact) mass is 350 g/mol. The van der Waals surface area contributed by atoms with Gasteiger partial charge in [-0.1, -0.05) is 25.1 Å². The van der Waals surface area contributed by atoms with E-state index in [1.807, 2.05) is 6.08 Å². The number of ether oxygens (including phenoxy) is 1. The Balaban J connectivity index is 1.86. The average molecular weight is 350 g/mol. The van der Waals surface area contributed by atoms with Crippen LogP contribution in [0.15, 0.2) is 48.5 Å². The maximum atomic E-state index is 11.1. The Hall–Kier alpha value is -2.82. The van der Waals surface area contributed by atoms with Gasteiger partial charge in [-0.2, -0.15) is 0 Å². The van der Waals surface area contributed by atoms with E-state index in [4.69, 9.17) is 4.74 Å². The predicted octanol–water partition coefficient (Wildman–Crippen LogP) is 4.90. The summed E-state index contributed by atoms with van der Waals surface area (Å²) in [4.78, 5) is 13.0. The Labute approximate surface area is 153 Å². The summed E-state index contributed by atoms with van der Waals surface area (Å²) in [5, 5.41) is 11.1. The molecule has 5 nitrogen and oxygen atoms in total. The van der Waals surface area contributed by atoms with Crippen LogP contribution < -0.4 is 9.64 Å². The minimum absolute atomic E-state index is 0.0762. The molecule has 0 N–H and O–H groups in total. The number of rotatable bonds is 3. The fourth-order valence-corrected chi connectivity index (χ4v) is 4.21. The van der Waals surface area contributed by atoms with Gasteiger partial charge < -0.3 is 9.64 Å². The van der Waals surface area contributed by atoms with Crippen LogP contribution in [0.25, 0.3) is 6.08 Å². The topological polar surface area (TPSA) is 55.6 Å². The number of nitro benzene ring substituents is 1. The molecule has 2 aromatic rings. The summed E-state index contributed by atoms with van der Waals surface area (Å²) in [7, 11) is 0. The molecule has 0 unspecified atom stereocenters. The quantitative estimate of drug-likeness (QED) is 0.583. The third-order valence-corrected chi connectivity index (χ3v) is 5.57. The van der Waals surface area contributed by atoms with Crippen LogP contribution in [0.5, 0.6) is 5.75 Å². The lowest BCUT2D eigenvalue weighted by atomic mass is 9.76. The van der Waals surface area contributed by atoms with Gasteiger partial charge in [-0.3, -0.25) is 10.1 Å². The first-order chi connectivity index (χ1) is 12.4. The third-order valence-electron chi connectivity index (χ3n) is 5.57. The highest BCUT2D eigenvalue weighted by Gasteiger charge is 2.58. The molecule has 0 saturated carbocycles. The van der Waals surface area contributed by atoms with Gasteiger partial charge in [-0.25, -0.2) is 0 Å². The van der Waals surface area contributed by atoms with E-state index in [1.54, 1.807) is 12.1 Å². The lowest BCUT2D eigenvalue weighted by molar-refractivity contribution is -0.384. The van der Waals surface area contributed by atoms with Crippen molar-refractivity contribution in [2.45, 2.75) is 38.3 Å². The smallest absolute Gasteiger partial charge is 0.270 e. The van der Waals surface area contributed by atoms with Gasteiger partial charge in [0.2, 0.25) is 5.72 Å². The van der Waals surface area contributed by atoms with Crippen LogP contribution in [0.2, 0.25) is 0 Å². The second kappa shape index (κ2) is 5.59. The fraction of sp³-hybridized carbons (Fsp3) is 0.333. The molecular formula is C21H22N2O3. The van der Waals surface area contributed by atoms with Gasteiger partial charge in [0.15, 0.2) is 0 Å². The molecule has 0 aromatic heterocycles. The molecule has 2 aliphatic rings. The number of para-hydroxylation sites is 1. The van der Waals surface area contributed by atoms with Gasteiger partial charge in [0.25, 0.3) is 5.69 Å². The predicted molar refractivity (Wildman–Crippen MR) is 103 cm³/mol. The Bertz CT molecular complexity index is 919. The summed E-state index contributed by atoms with van der Waals surface area (Å²) in [5.74, 6) is 0.681. The number of non-ortho nitro benzene ring substituents is 1. The van der Waals surface area contributed by atoms with Crippen molar-refractivity contribution in [3.63, 3.8) is 0 Å². The van der Waals surface area contributed by atoms with E-state index in [0.717, 1.165) is 18.5 Å². The van der Waals surface area contributed by atoms with E-state index < -0.39 is 5.72 Å². The van der Waals surface area contributed by atoms with Crippen molar-refractivity contribution in [3.05, 3.63) is 69.8 Å². The van der Waals surface area contributed by atoms with Crippen LogP contribution in [0.4, 0.5) is 11.4 Å². The van der Waals surface area contributed by atoms with E-state index in [-0.39, 0.29) is 16.0 Å². The molecule has 134 valence electrons. The van der Waals surface area contributed by atoms with Crippen LogP contribution in [-0.4, -0.2) is 17.2 Å². The highest BCUT2D eigenvalue weighted by atomic mass is 16.6. The molecule has 0 aliphatic carbocycles. The summed E-state index contributed by atoms with van der Waals surface area (Å²) in [6.07, 6.45) is 5.02. The molecule has 4 rings (SSSR count). The number of fused-ring (bicyclic) bond motifs is 2. The first-order valence-electron chi connectivity index (χ1n) is 8.94. The Morgan fingerprint density at radius 1 is 1.19 bits per heavy atom. The average Bonchev–Trinajstić information content (AvgIpc) is 2.81. The Kier molecular flexibility index (Phi) is 3.58. The van der Waals surface area contributed by atoms with Gasteiger partial charge in [-0.15, -0.1) is 0 Å². The number of hydrogen-bond donors (Lipinski definition) is 0. The van der Waals surface area contributed by atoms with Crippen LogP contribution in [0, 0.1) is 10.1 Å². The van der Waals surface area contributed by atoms with Gasteiger partial charge >= 0.3 is 0 Å². The maximum Gasteiger partial charge on any atom is 0.270 e. The molecule has 2 aliphatic heterocycles. The molecule has 0 fully saturated rings. The van der Waals surface area contributed by atoms with Gasteiger partial charge in [-0.05, 0) is 50.1 Å². The third kappa shape index (κ3) is 2.09.